The van der Waals surface area contributed by atoms with Crippen LogP contribution in [0, 0.1) is 0 Å². The van der Waals surface area contributed by atoms with E-state index in [1.165, 1.54) is 4.90 Å². The zero-order valence-electron chi connectivity index (χ0n) is 14.7. The lowest BCUT2D eigenvalue weighted by Gasteiger charge is -2.32. The summed E-state index contributed by atoms with van der Waals surface area (Å²) in [4.78, 5) is 27.9. The van der Waals surface area contributed by atoms with Crippen molar-refractivity contribution in [1.29, 1.82) is 0 Å². The van der Waals surface area contributed by atoms with Crippen molar-refractivity contribution in [2.45, 2.75) is 18.9 Å². The fourth-order valence-corrected chi connectivity index (χ4v) is 3.15. The molecule has 0 spiro atoms. The molecule has 2 heterocycles. The first-order chi connectivity index (χ1) is 12.0. The molecule has 1 aliphatic rings. The van der Waals surface area contributed by atoms with E-state index in [1.54, 1.807) is 38.4 Å². The molecule has 1 aromatic heterocycles. The minimum atomic E-state index is -0.111. The standard InChI is InChI=1S/C19H24N4O2/c1-21(2)18(24)15-6-5-7-16(14-15)20-19(25)23-12-8-17(9-13-23)22-10-3-4-11-22/h3-7,10-11,14,17H,8-9,12-13H2,1-2H3,(H,20,25). The van der Waals surface area contributed by atoms with Gasteiger partial charge in [-0.3, -0.25) is 4.79 Å². The van der Waals surface area contributed by atoms with Gasteiger partial charge in [0.1, 0.15) is 0 Å². The fraction of sp³-hybridized carbons (Fsp3) is 0.368. The van der Waals surface area contributed by atoms with E-state index in [9.17, 15) is 9.59 Å². The van der Waals surface area contributed by atoms with E-state index in [0.29, 0.717) is 17.3 Å². The van der Waals surface area contributed by atoms with Gasteiger partial charge in [0, 0.05) is 56.9 Å². The maximum absolute atomic E-state index is 12.5. The second-order valence-electron chi connectivity index (χ2n) is 6.56. The number of amides is 3. The van der Waals surface area contributed by atoms with Crippen LogP contribution in [0.25, 0.3) is 0 Å². The Kier molecular flexibility index (Phi) is 5.07. The van der Waals surface area contributed by atoms with Gasteiger partial charge in [-0.15, -0.1) is 0 Å². The normalized spacial score (nSPS) is 15.0. The molecule has 6 heteroatoms. The predicted molar refractivity (Wildman–Crippen MR) is 97.8 cm³/mol. The molecule has 1 fully saturated rings. The molecule has 0 aliphatic carbocycles. The SMILES string of the molecule is CN(C)C(=O)c1cccc(NC(=O)N2CCC(n3cccc3)CC2)c1. The molecular formula is C19H24N4O2. The van der Waals surface area contributed by atoms with Crippen LogP contribution in [0.2, 0.25) is 0 Å². The number of hydrogen-bond donors (Lipinski definition) is 1. The second-order valence-corrected chi connectivity index (χ2v) is 6.56. The maximum Gasteiger partial charge on any atom is 0.321 e. The zero-order chi connectivity index (χ0) is 17.8. The van der Waals surface area contributed by atoms with Crippen LogP contribution >= 0.6 is 0 Å². The predicted octanol–water partition coefficient (Wildman–Crippen LogP) is 3.06. The monoisotopic (exact) mass is 340 g/mol. The summed E-state index contributed by atoms with van der Waals surface area (Å²) in [5.41, 5.74) is 1.21. The van der Waals surface area contributed by atoms with Crippen molar-refractivity contribution in [2.75, 3.05) is 32.5 Å². The van der Waals surface area contributed by atoms with E-state index < -0.39 is 0 Å². The fourth-order valence-electron chi connectivity index (χ4n) is 3.15. The first-order valence-corrected chi connectivity index (χ1v) is 8.54. The lowest BCUT2D eigenvalue weighted by molar-refractivity contribution is 0.0827. The first kappa shape index (κ1) is 17.1. The smallest absolute Gasteiger partial charge is 0.321 e. The molecule has 1 N–H and O–H groups in total. The number of nitrogens with one attached hydrogen (secondary N) is 1. The van der Waals surface area contributed by atoms with E-state index in [1.807, 2.05) is 17.0 Å². The average molecular weight is 340 g/mol. The van der Waals surface area contributed by atoms with E-state index >= 15 is 0 Å². The molecule has 6 nitrogen and oxygen atoms in total. The number of hydrogen-bond acceptors (Lipinski definition) is 2. The van der Waals surface area contributed by atoms with Gasteiger partial charge in [-0.05, 0) is 43.2 Å². The number of aromatic nitrogens is 1. The van der Waals surface area contributed by atoms with Crippen LogP contribution in [-0.2, 0) is 0 Å². The molecule has 1 aromatic carbocycles. The summed E-state index contributed by atoms with van der Waals surface area (Å²) in [6.07, 6.45) is 6.05. The molecule has 0 bridgehead atoms. The third-order valence-corrected chi connectivity index (χ3v) is 4.57. The van der Waals surface area contributed by atoms with Gasteiger partial charge >= 0.3 is 6.03 Å². The zero-order valence-corrected chi connectivity index (χ0v) is 14.7. The summed E-state index contributed by atoms with van der Waals surface area (Å²) < 4.78 is 2.21. The number of benzene rings is 1. The number of rotatable bonds is 3. The van der Waals surface area contributed by atoms with Crippen molar-refractivity contribution in [3.8, 4) is 0 Å². The maximum atomic E-state index is 12.5. The van der Waals surface area contributed by atoms with Crippen molar-refractivity contribution in [2.24, 2.45) is 0 Å². The highest BCUT2D eigenvalue weighted by atomic mass is 16.2. The summed E-state index contributed by atoms with van der Waals surface area (Å²) in [6, 6.07) is 11.5. The van der Waals surface area contributed by atoms with Gasteiger partial charge in [0.25, 0.3) is 5.91 Å². The molecule has 2 aromatic rings. The molecular weight excluding hydrogens is 316 g/mol. The Labute approximate surface area is 148 Å². The molecule has 3 rings (SSSR count). The Bertz CT molecular complexity index is 732. The van der Waals surface area contributed by atoms with Crippen LogP contribution in [0.5, 0.6) is 0 Å². The van der Waals surface area contributed by atoms with E-state index in [2.05, 4.69) is 22.3 Å². The molecule has 25 heavy (non-hydrogen) atoms. The van der Waals surface area contributed by atoms with E-state index in [-0.39, 0.29) is 11.9 Å². The summed E-state index contributed by atoms with van der Waals surface area (Å²) in [5.74, 6) is -0.0800. The third-order valence-electron chi connectivity index (χ3n) is 4.57. The van der Waals surface area contributed by atoms with Crippen LogP contribution in [0.1, 0.15) is 29.2 Å². The minimum absolute atomic E-state index is 0.0800. The molecule has 3 amide bonds. The number of likely N-dealkylation sites (tertiary alicyclic amines) is 1. The Hall–Kier alpha value is -2.76. The van der Waals surface area contributed by atoms with Crippen LogP contribution < -0.4 is 5.32 Å². The highest BCUT2D eigenvalue weighted by molar-refractivity contribution is 5.96. The molecule has 0 unspecified atom stereocenters. The number of anilines is 1. The van der Waals surface area contributed by atoms with Crippen LogP contribution in [0.3, 0.4) is 0 Å². The largest absolute Gasteiger partial charge is 0.351 e. The van der Waals surface area contributed by atoms with Gasteiger partial charge in [-0.25, -0.2) is 4.79 Å². The van der Waals surface area contributed by atoms with Crippen molar-refractivity contribution < 1.29 is 9.59 Å². The molecule has 0 radical (unpaired) electrons. The number of urea groups is 1. The summed E-state index contributed by atoms with van der Waals surface area (Å²) in [6.45, 7) is 1.45. The minimum Gasteiger partial charge on any atom is -0.351 e. The molecule has 132 valence electrons. The lowest BCUT2D eigenvalue weighted by Crippen LogP contribution is -2.41. The highest BCUT2D eigenvalue weighted by Gasteiger charge is 2.23. The third kappa shape index (κ3) is 4.02. The van der Waals surface area contributed by atoms with Crippen LogP contribution in [0.15, 0.2) is 48.8 Å². The Balaban J connectivity index is 1.58. The summed E-state index contributed by atoms with van der Waals surface area (Å²) in [7, 11) is 3.42. The van der Waals surface area contributed by atoms with Gasteiger partial charge < -0.3 is 19.7 Å². The van der Waals surface area contributed by atoms with E-state index in [4.69, 9.17) is 0 Å². The number of nitrogens with zero attached hydrogens (tertiary/aromatic N) is 3. The van der Waals surface area contributed by atoms with Gasteiger partial charge in [0.15, 0.2) is 0 Å². The Morgan fingerprint density at radius 3 is 2.40 bits per heavy atom. The lowest BCUT2D eigenvalue weighted by atomic mass is 10.1. The van der Waals surface area contributed by atoms with Gasteiger partial charge in [-0.1, -0.05) is 6.07 Å². The summed E-state index contributed by atoms with van der Waals surface area (Å²) >= 11 is 0. The average Bonchev–Trinajstić information content (AvgIpc) is 3.16. The van der Waals surface area contributed by atoms with Crippen molar-refractivity contribution in [3.63, 3.8) is 0 Å². The summed E-state index contributed by atoms with van der Waals surface area (Å²) in [5, 5.41) is 2.90. The first-order valence-electron chi connectivity index (χ1n) is 8.54. The highest BCUT2D eigenvalue weighted by Crippen LogP contribution is 2.23. The van der Waals surface area contributed by atoms with E-state index in [0.717, 1.165) is 25.9 Å². The van der Waals surface area contributed by atoms with Gasteiger partial charge in [0.05, 0.1) is 0 Å². The Morgan fingerprint density at radius 1 is 1.08 bits per heavy atom. The molecule has 0 saturated carbocycles. The van der Waals surface area contributed by atoms with Gasteiger partial charge in [0.2, 0.25) is 0 Å². The number of carbonyl (C=O) groups excluding carboxylic acids is 2. The van der Waals surface area contributed by atoms with Gasteiger partial charge in [-0.2, -0.15) is 0 Å². The quantitative estimate of drug-likeness (QED) is 0.933. The second kappa shape index (κ2) is 7.42. The van der Waals surface area contributed by atoms with Crippen LogP contribution in [0.4, 0.5) is 10.5 Å². The Morgan fingerprint density at radius 2 is 1.76 bits per heavy atom. The van der Waals surface area contributed by atoms with Crippen LogP contribution in [-0.4, -0.2) is 53.5 Å². The van der Waals surface area contributed by atoms with Crippen molar-refractivity contribution in [1.82, 2.24) is 14.4 Å². The molecule has 1 saturated heterocycles. The van der Waals surface area contributed by atoms with Crippen molar-refractivity contribution in [3.05, 3.63) is 54.4 Å². The molecule has 0 atom stereocenters. The van der Waals surface area contributed by atoms with Crippen molar-refractivity contribution >= 4 is 17.6 Å². The topological polar surface area (TPSA) is 57.6 Å². The molecule has 1 aliphatic heterocycles. The number of carbonyl (C=O) groups is 2. The number of piperidine rings is 1.